The fraction of sp³-hybridized carbons (Fsp3) is 0.294. The smallest absolute Gasteiger partial charge is 0.367 e. The Morgan fingerprint density at radius 3 is 0.973 bits per heavy atom. The van der Waals surface area contributed by atoms with Crippen molar-refractivity contribution in [2.45, 2.75) is 95.6 Å². The molecule has 5 atom stereocenters. The first-order valence-corrected chi connectivity index (χ1v) is 39.8. The molecule has 1 saturated heterocycles. The molecule has 13 rings (SSSR count). The second-order valence-corrected chi connectivity index (χ2v) is 30.5. The van der Waals surface area contributed by atoms with Gasteiger partial charge in [-0.25, -0.2) is 10.7 Å². The number of imide groups is 1. The Bertz CT molecular complexity index is 4900. The van der Waals surface area contributed by atoms with E-state index in [9.17, 15) is 57.5 Å². The number of carbonyl (C=O) groups excluding carboxylic acids is 12. The predicted molar refractivity (Wildman–Crippen MR) is 441 cm³/mol. The average molecular weight is 1610 g/mol. The molecular weight excluding hydrogens is 1520 g/mol. The van der Waals surface area contributed by atoms with Gasteiger partial charge in [0.15, 0.2) is 5.12 Å². The Hall–Kier alpha value is -10.9. The molecule has 5 unspecified atom stereocenters. The SMILES string of the molecule is CC(=O)OCC1c2ccccc2-c2ccc(NC(=O)CCS)cc21.CC(=O)OCC1c2ccccc2-c2ccc(NC(=O)CCSC(C)=O)cc21.CC(=O)OCC1c2ccccc2-c2ccc(NC(=O)CCSC3CC(=O)N(C)C3=O)cc21.COC(=O)SCCC(=O)Nc1ccc2c(c1)C(COC(C)=O)c1ccccc1-2.NO. The molecule has 0 radical (unpaired) electrons. The highest BCUT2D eigenvalue weighted by Crippen LogP contribution is 2.50. The summed E-state index contributed by atoms with van der Waals surface area (Å²) in [6, 6.07) is 55.4. The van der Waals surface area contributed by atoms with Crippen molar-refractivity contribution in [1.82, 2.24) is 4.90 Å². The van der Waals surface area contributed by atoms with Crippen molar-refractivity contribution >= 4 is 140 Å². The summed E-state index contributed by atoms with van der Waals surface area (Å²) in [6.45, 7) is 8.16. The zero-order valence-corrected chi connectivity index (χ0v) is 66.7. The standard InChI is InChI=1S/C24H24N2O5S.C21H21NO5S.C21H21NO4S.C19H19NO3S.H3NO/c1-14(27)31-13-20-17-6-4-3-5-16(17)18-8-7-15(11-19(18)20)25-22(28)9-10-32-21-12-23(29)26(2)24(21)30;1-13(23)27-12-19-16-6-4-3-5-15(16)17-8-7-14(11-18(17)19)22-20(24)9-10-28-21(25)26-2;1-13(23)26-12-20-17-6-4-3-5-16(17)18-8-7-15(11-19(18)20)22-21(25)9-10-27-14(2)24;1-12(21)23-11-18-15-5-3-2-4-14(15)16-7-6-13(10-17(16)18)20-19(22)8-9-24;1-2/h3-8,11,20-21H,9-10,12-13H2,1-2H3,(H,25,28);3-8,11,19H,9-10,12H2,1-2H3,(H,22,24);3-8,11,20H,9-10,12H2,1-2H3,(H,22,25);2-7,10,18,24H,8-9,11H2,1H3,(H,20,22);2H,1H2. The highest BCUT2D eigenvalue weighted by molar-refractivity contribution is 8.13. The number of benzene rings is 8. The molecule has 0 saturated carbocycles. The number of methoxy groups -OCH3 is 1. The van der Waals surface area contributed by atoms with Crippen LogP contribution in [0.3, 0.4) is 0 Å². The van der Waals surface area contributed by atoms with Crippen molar-refractivity contribution in [1.29, 1.82) is 0 Å². The van der Waals surface area contributed by atoms with Gasteiger partial charge in [-0.1, -0.05) is 133 Å². The number of esters is 4. The van der Waals surface area contributed by atoms with Crippen LogP contribution in [0.15, 0.2) is 170 Å². The number of carbonyl (C=O) groups is 12. The number of likely N-dealkylation sites (tertiary alicyclic amines) is 1. The third-order valence-corrected chi connectivity index (χ3v) is 21.9. The van der Waals surface area contributed by atoms with Gasteiger partial charge in [0.05, 0.1) is 12.4 Å². The number of amides is 6. The van der Waals surface area contributed by atoms with Crippen LogP contribution >= 0.6 is 47.9 Å². The van der Waals surface area contributed by atoms with Crippen LogP contribution < -0.4 is 27.2 Å². The third kappa shape index (κ3) is 22.9. The Balaban J connectivity index is 0.000000172. The lowest BCUT2D eigenvalue weighted by molar-refractivity contribution is -0.142. The normalized spacial score (nSPS) is 15.4. The van der Waals surface area contributed by atoms with E-state index in [1.165, 1.54) is 60.5 Å². The molecule has 8 aromatic rings. The molecule has 7 N–H and O–H groups in total. The molecule has 1 aliphatic heterocycles. The molecule has 5 aliphatic rings. The number of nitrogens with zero attached hydrogens (tertiary/aromatic N) is 1. The number of nitrogens with one attached hydrogen (secondary N) is 4. The molecule has 8 aromatic carbocycles. The zero-order chi connectivity index (χ0) is 81.4. The third-order valence-electron chi connectivity index (χ3n) is 18.8. The van der Waals surface area contributed by atoms with E-state index in [1.54, 1.807) is 0 Å². The fourth-order valence-electron chi connectivity index (χ4n) is 13.8. The van der Waals surface area contributed by atoms with Crippen molar-refractivity contribution in [3.63, 3.8) is 0 Å². The molecule has 4 aliphatic carbocycles. The number of hydrogen-bond donors (Lipinski definition) is 7. The van der Waals surface area contributed by atoms with Crippen LogP contribution in [-0.4, -0.2) is 149 Å². The van der Waals surface area contributed by atoms with Gasteiger partial charge in [-0.05, 0) is 155 Å². The van der Waals surface area contributed by atoms with E-state index in [0.717, 1.165) is 123 Å². The van der Waals surface area contributed by atoms with Crippen LogP contribution in [0.25, 0.3) is 44.5 Å². The van der Waals surface area contributed by atoms with Gasteiger partial charge in [-0.2, -0.15) is 12.6 Å². The summed E-state index contributed by atoms with van der Waals surface area (Å²) in [6.07, 6.45) is 1.28. The van der Waals surface area contributed by atoms with E-state index in [4.69, 9.17) is 24.2 Å². The predicted octanol–water partition coefficient (Wildman–Crippen LogP) is 14.3. The molecule has 0 spiro atoms. The van der Waals surface area contributed by atoms with Crippen molar-refractivity contribution < 1.29 is 86.4 Å². The molecule has 24 nitrogen and oxygen atoms in total. The highest BCUT2D eigenvalue weighted by atomic mass is 32.2. The first kappa shape index (κ1) is 86.1. The lowest BCUT2D eigenvalue weighted by Gasteiger charge is -2.14. The molecule has 113 heavy (non-hydrogen) atoms. The quantitative estimate of drug-likeness (QED) is 0.00971. The van der Waals surface area contributed by atoms with Gasteiger partial charge < -0.3 is 50.2 Å². The maximum absolute atomic E-state index is 12.5. The first-order chi connectivity index (χ1) is 54.4. The van der Waals surface area contributed by atoms with Crippen molar-refractivity contribution in [2.24, 2.45) is 5.90 Å². The molecule has 590 valence electrons. The highest BCUT2D eigenvalue weighted by Gasteiger charge is 2.37. The molecule has 1 heterocycles. The molecular formula is C85H88N6O18S4. The number of anilines is 4. The number of rotatable bonds is 24. The van der Waals surface area contributed by atoms with E-state index < -0.39 is 10.6 Å². The monoisotopic (exact) mass is 1610 g/mol. The van der Waals surface area contributed by atoms with Gasteiger partial charge in [-0.15, -0.1) is 11.8 Å². The summed E-state index contributed by atoms with van der Waals surface area (Å²) in [5.74, 6) is 2.91. The largest absolute Gasteiger partial charge is 0.465 e. The molecule has 1 fully saturated rings. The number of fused-ring (bicyclic) bond motifs is 12. The summed E-state index contributed by atoms with van der Waals surface area (Å²) >= 11 is 7.53. The lowest BCUT2D eigenvalue weighted by Crippen LogP contribution is -2.26. The van der Waals surface area contributed by atoms with Gasteiger partial charge in [0, 0.05) is 137 Å². The van der Waals surface area contributed by atoms with Gasteiger partial charge in [-0.3, -0.25) is 57.6 Å². The topological polar surface area (TPSA) is 349 Å². The van der Waals surface area contributed by atoms with Crippen LogP contribution in [0.2, 0.25) is 0 Å². The number of nitrogens with two attached hydrogens (primary N) is 1. The summed E-state index contributed by atoms with van der Waals surface area (Å²) in [7, 11) is 2.79. The molecule has 0 bridgehead atoms. The fourth-order valence-corrected chi connectivity index (χ4v) is 16.3. The van der Waals surface area contributed by atoms with Crippen molar-refractivity contribution in [2.75, 3.05) is 84.9 Å². The minimum absolute atomic E-state index is 0.00593. The van der Waals surface area contributed by atoms with Gasteiger partial charge in [0.2, 0.25) is 35.4 Å². The first-order valence-electron chi connectivity index (χ1n) is 36.2. The van der Waals surface area contributed by atoms with Gasteiger partial charge in [0.1, 0.15) is 26.4 Å². The molecule has 28 heteroatoms. The summed E-state index contributed by atoms with van der Waals surface area (Å²) < 4.78 is 25.7. The number of ether oxygens (including phenoxy) is 5. The number of thiol groups is 1. The Labute approximate surface area is 672 Å². The van der Waals surface area contributed by atoms with Gasteiger partial charge >= 0.3 is 29.2 Å². The van der Waals surface area contributed by atoms with E-state index >= 15 is 0 Å². The summed E-state index contributed by atoms with van der Waals surface area (Å²) in [5, 5.41) is 17.3. The van der Waals surface area contributed by atoms with Crippen LogP contribution in [-0.2, 0) is 76.4 Å². The van der Waals surface area contributed by atoms with E-state index in [0.29, 0.717) is 53.1 Å². The minimum atomic E-state index is -0.406. The maximum atomic E-state index is 12.5. The van der Waals surface area contributed by atoms with Crippen LogP contribution in [0, 0.1) is 0 Å². The minimum Gasteiger partial charge on any atom is -0.465 e. The maximum Gasteiger partial charge on any atom is 0.367 e. The second kappa shape index (κ2) is 41.6. The lowest BCUT2D eigenvalue weighted by atomic mass is 9.97. The number of hydrogen-bond acceptors (Lipinski definition) is 23. The van der Waals surface area contributed by atoms with E-state index in [1.807, 2.05) is 152 Å². The average Bonchev–Trinajstić information content (AvgIpc) is 1.63. The van der Waals surface area contributed by atoms with Crippen molar-refractivity contribution in [3.05, 3.63) is 214 Å². The second-order valence-electron chi connectivity index (χ2n) is 26.4. The zero-order valence-electron chi connectivity index (χ0n) is 63.3. The summed E-state index contributed by atoms with van der Waals surface area (Å²) in [5.41, 5.74) is 20.3. The van der Waals surface area contributed by atoms with Crippen LogP contribution in [0.4, 0.5) is 27.5 Å². The van der Waals surface area contributed by atoms with E-state index in [2.05, 4.69) is 62.7 Å². The van der Waals surface area contributed by atoms with Crippen LogP contribution in [0.5, 0.6) is 0 Å². The number of thioether (sulfide) groups is 3. The molecule has 0 aromatic heterocycles. The summed E-state index contributed by atoms with van der Waals surface area (Å²) in [4.78, 5) is 140. The Kier molecular flexibility index (Phi) is 31.7. The van der Waals surface area contributed by atoms with Crippen LogP contribution in [0.1, 0.15) is 135 Å². The van der Waals surface area contributed by atoms with Gasteiger partial charge in [0.25, 0.3) is 0 Å². The Morgan fingerprint density at radius 1 is 0.416 bits per heavy atom. The molecule has 6 amide bonds. The van der Waals surface area contributed by atoms with Crippen molar-refractivity contribution in [3.8, 4) is 44.5 Å². The van der Waals surface area contributed by atoms with E-state index in [-0.39, 0.29) is 134 Å². The Morgan fingerprint density at radius 2 is 0.699 bits per heavy atom.